The molecule has 1 aliphatic carbocycles. The number of hydrogen-bond donors (Lipinski definition) is 3. The molecule has 2 heterocycles. The van der Waals surface area contributed by atoms with E-state index in [2.05, 4.69) is 9.55 Å². The van der Waals surface area contributed by atoms with E-state index in [1.165, 1.54) is 5.56 Å². The van der Waals surface area contributed by atoms with Crippen LogP contribution in [0.3, 0.4) is 0 Å². The van der Waals surface area contributed by atoms with Crippen LogP contribution in [0.2, 0.25) is 0 Å². The van der Waals surface area contributed by atoms with Gasteiger partial charge in [-0.15, -0.1) is 0 Å². The van der Waals surface area contributed by atoms with E-state index in [1.807, 2.05) is 6.92 Å². The summed E-state index contributed by atoms with van der Waals surface area (Å²) in [6.45, 7) is 2.69. The lowest BCUT2D eigenvalue weighted by Gasteiger charge is -2.27. The first kappa shape index (κ1) is 18.1. The molecule has 1 aliphatic rings. The maximum absolute atomic E-state index is 9.76. The van der Waals surface area contributed by atoms with Crippen LogP contribution in [0, 0.1) is 5.41 Å². The Bertz CT molecular complexity index is 753. The fourth-order valence-corrected chi connectivity index (χ4v) is 3.54. The van der Waals surface area contributed by atoms with Crippen LogP contribution >= 0.6 is 0 Å². The third-order valence-corrected chi connectivity index (χ3v) is 5.10. The van der Waals surface area contributed by atoms with Gasteiger partial charge in [-0.1, -0.05) is 6.92 Å². The zero-order chi connectivity index (χ0) is 18.0. The Hall–Kier alpha value is -1.70. The van der Waals surface area contributed by atoms with E-state index < -0.39 is 5.41 Å². The number of pyridine rings is 1. The molecule has 2 aromatic heterocycles. The van der Waals surface area contributed by atoms with Crippen LogP contribution in [0.25, 0.3) is 11.0 Å². The molecule has 0 amide bonds. The average Bonchev–Trinajstić information content (AvgIpc) is 2.99. The van der Waals surface area contributed by atoms with Gasteiger partial charge in [0, 0.05) is 31.2 Å². The predicted molar refractivity (Wildman–Crippen MR) is 96.4 cm³/mol. The molecule has 0 fully saturated rings. The number of aliphatic hydroxyl groups is 2. The molecule has 0 spiro atoms. The van der Waals surface area contributed by atoms with Crippen LogP contribution in [0.5, 0.6) is 0 Å². The maximum atomic E-state index is 9.76. The van der Waals surface area contributed by atoms with Gasteiger partial charge in [-0.2, -0.15) is 0 Å². The van der Waals surface area contributed by atoms with Crippen molar-refractivity contribution in [2.24, 2.45) is 5.41 Å². The highest BCUT2D eigenvalue weighted by Gasteiger charge is 2.28. The number of nitrogens with two attached hydrogens (primary N) is 1. The molecule has 7 heteroatoms. The van der Waals surface area contributed by atoms with Crippen molar-refractivity contribution < 1.29 is 14.9 Å². The molecule has 0 atom stereocenters. The van der Waals surface area contributed by atoms with E-state index in [0.717, 1.165) is 48.2 Å². The minimum absolute atomic E-state index is 0.102. The van der Waals surface area contributed by atoms with E-state index >= 15 is 0 Å². The summed E-state index contributed by atoms with van der Waals surface area (Å²) >= 11 is 0. The highest BCUT2D eigenvalue weighted by molar-refractivity contribution is 5.89. The molecule has 2 aromatic rings. The number of nitrogens with zero attached hydrogens (tertiary/aromatic N) is 3. The first-order valence-corrected chi connectivity index (χ1v) is 8.90. The normalized spacial score (nSPS) is 14.9. The molecule has 0 aromatic carbocycles. The second kappa shape index (κ2) is 7.27. The van der Waals surface area contributed by atoms with E-state index in [1.54, 1.807) is 7.11 Å². The van der Waals surface area contributed by atoms with Gasteiger partial charge in [0.1, 0.15) is 11.3 Å². The number of aryl methyl sites for hydroxylation is 2. The van der Waals surface area contributed by atoms with Crippen molar-refractivity contribution >= 4 is 16.9 Å². The summed E-state index contributed by atoms with van der Waals surface area (Å²) in [5.41, 5.74) is 9.59. The lowest BCUT2D eigenvalue weighted by molar-refractivity contribution is 0.0554. The molecule has 138 valence electrons. The SMILES string of the molecule is COCCc1nc2c(N)nc3c(c2n1CC(C)(CO)CO)CCCC3. The summed E-state index contributed by atoms with van der Waals surface area (Å²) in [4.78, 5) is 9.33. The van der Waals surface area contributed by atoms with Gasteiger partial charge >= 0.3 is 0 Å². The van der Waals surface area contributed by atoms with Crippen LogP contribution in [0.1, 0.15) is 36.8 Å². The third-order valence-electron chi connectivity index (χ3n) is 5.10. The number of rotatable bonds is 7. The largest absolute Gasteiger partial charge is 0.396 e. The van der Waals surface area contributed by atoms with Crippen molar-refractivity contribution in [3.05, 3.63) is 17.1 Å². The molecule has 0 saturated heterocycles. The first-order valence-electron chi connectivity index (χ1n) is 8.90. The highest BCUT2D eigenvalue weighted by Crippen LogP contribution is 2.33. The zero-order valence-electron chi connectivity index (χ0n) is 15.1. The highest BCUT2D eigenvalue weighted by atomic mass is 16.5. The number of aliphatic hydroxyl groups excluding tert-OH is 2. The number of ether oxygens (including phenoxy) is 1. The average molecular weight is 348 g/mol. The van der Waals surface area contributed by atoms with Crippen LogP contribution in [-0.4, -0.2) is 51.7 Å². The third kappa shape index (κ3) is 3.36. The second-order valence-corrected chi connectivity index (χ2v) is 7.31. The Labute approximate surface area is 147 Å². The Kier molecular flexibility index (Phi) is 5.27. The van der Waals surface area contributed by atoms with Crippen molar-refractivity contribution in [2.75, 3.05) is 32.7 Å². The lowest BCUT2D eigenvalue weighted by atomic mass is 9.91. The van der Waals surface area contributed by atoms with Gasteiger partial charge < -0.3 is 25.3 Å². The van der Waals surface area contributed by atoms with Gasteiger partial charge in [0.05, 0.1) is 25.3 Å². The summed E-state index contributed by atoms with van der Waals surface area (Å²) in [6.07, 6.45) is 4.80. The van der Waals surface area contributed by atoms with Gasteiger partial charge in [-0.25, -0.2) is 9.97 Å². The number of aromatic nitrogens is 3. The Morgan fingerprint density at radius 3 is 2.60 bits per heavy atom. The molecule has 7 nitrogen and oxygen atoms in total. The molecular formula is C18H28N4O3. The number of methoxy groups -OCH3 is 1. The van der Waals surface area contributed by atoms with Crippen molar-refractivity contribution in [3.63, 3.8) is 0 Å². The van der Waals surface area contributed by atoms with Crippen molar-refractivity contribution in [1.29, 1.82) is 0 Å². The fourth-order valence-electron chi connectivity index (χ4n) is 3.54. The number of fused-ring (bicyclic) bond motifs is 3. The Balaban J connectivity index is 2.20. The van der Waals surface area contributed by atoms with Gasteiger partial charge in [0.2, 0.25) is 0 Å². The molecule has 4 N–H and O–H groups in total. The van der Waals surface area contributed by atoms with Gasteiger partial charge in [0.15, 0.2) is 5.82 Å². The molecule has 0 radical (unpaired) electrons. The summed E-state index contributed by atoms with van der Waals surface area (Å²) < 4.78 is 7.34. The monoisotopic (exact) mass is 348 g/mol. The topological polar surface area (TPSA) is 106 Å². The minimum Gasteiger partial charge on any atom is -0.396 e. The van der Waals surface area contributed by atoms with Crippen molar-refractivity contribution in [1.82, 2.24) is 14.5 Å². The second-order valence-electron chi connectivity index (χ2n) is 7.31. The predicted octanol–water partition coefficient (Wildman–Crippen LogP) is 1.07. The van der Waals surface area contributed by atoms with Crippen LogP contribution < -0.4 is 5.73 Å². The summed E-state index contributed by atoms with van der Waals surface area (Å²) in [5.74, 6) is 1.32. The zero-order valence-corrected chi connectivity index (χ0v) is 15.1. The summed E-state index contributed by atoms with van der Waals surface area (Å²) in [6, 6.07) is 0. The molecule has 0 bridgehead atoms. The van der Waals surface area contributed by atoms with E-state index in [4.69, 9.17) is 15.5 Å². The van der Waals surface area contributed by atoms with Crippen LogP contribution in [0.15, 0.2) is 0 Å². The number of imidazole rings is 1. The molecule has 0 unspecified atom stereocenters. The van der Waals surface area contributed by atoms with Gasteiger partial charge in [-0.3, -0.25) is 0 Å². The molecule has 25 heavy (non-hydrogen) atoms. The molecule has 0 saturated carbocycles. The standard InChI is InChI=1S/C18H28N4O3/c1-18(10-23,11-24)9-22-14(7-8-25-2)21-15-16(22)12-5-3-4-6-13(12)20-17(15)19/h23-24H,3-11H2,1-2H3,(H2,19,20). The van der Waals surface area contributed by atoms with E-state index in [-0.39, 0.29) is 13.2 Å². The quantitative estimate of drug-likeness (QED) is 0.691. The number of nitrogen functional groups attached to an aromatic ring is 1. The van der Waals surface area contributed by atoms with Gasteiger partial charge in [-0.05, 0) is 31.2 Å². The maximum Gasteiger partial charge on any atom is 0.151 e. The Morgan fingerprint density at radius 2 is 1.92 bits per heavy atom. The molecule has 0 aliphatic heterocycles. The lowest BCUT2D eigenvalue weighted by Crippen LogP contribution is -2.32. The van der Waals surface area contributed by atoms with Gasteiger partial charge in [0.25, 0.3) is 0 Å². The fraction of sp³-hybridized carbons (Fsp3) is 0.667. The van der Waals surface area contributed by atoms with E-state index in [9.17, 15) is 10.2 Å². The minimum atomic E-state index is -0.630. The van der Waals surface area contributed by atoms with Crippen molar-refractivity contribution in [3.8, 4) is 0 Å². The Morgan fingerprint density at radius 1 is 1.20 bits per heavy atom. The number of anilines is 1. The number of hydrogen-bond acceptors (Lipinski definition) is 6. The van der Waals surface area contributed by atoms with Crippen LogP contribution in [-0.2, 0) is 30.5 Å². The smallest absolute Gasteiger partial charge is 0.151 e. The van der Waals surface area contributed by atoms with Crippen LogP contribution in [0.4, 0.5) is 5.82 Å². The molecular weight excluding hydrogens is 320 g/mol. The summed E-state index contributed by atoms with van der Waals surface area (Å²) in [7, 11) is 1.66. The molecule has 3 rings (SSSR count). The first-order chi connectivity index (χ1) is 12.0. The van der Waals surface area contributed by atoms with E-state index in [0.29, 0.717) is 25.4 Å². The summed E-state index contributed by atoms with van der Waals surface area (Å²) in [5, 5.41) is 19.5. The van der Waals surface area contributed by atoms with Crippen molar-refractivity contribution in [2.45, 2.75) is 45.6 Å².